The Balaban J connectivity index is 1.81. The van der Waals surface area contributed by atoms with Gasteiger partial charge in [0.1, 0.15) is 0 Å². The number of rotatable bonds is 3. The van der Waals surface area contributed by atoms with Crippen molar-refractivity contribution in [2.75, 3.05) is 5.32 Å². The summed E-state index contributed by atoms with van der Waals surface area (Å²) in [4.78, 5) is 0. The first kappa shape index (κ1) is 13.1. The Hall–Kier alpha value is -1.95. The Morgan fingerprint density at radius 3 is 2.80 bits per heavy atom. The smallest absolute Gasteiger partial charge is 0.181 e. The molecule has 2 aromatic rings. The van der Waals surface area contributed by atoms with E-state index in [-0.39, 0.29) is 17.6 Å². The molecular formula is C14H19N5O. The monoisotopic (exact) mass is 273 g/mol. The van der Waals surface area contributed by atoms with E-state index in [0.717, 1.165) is 23.5 Å². The normalized spacial score (nSPS) is 24.2. The Bertz CT molecular complexity index is 622. The molecule has 0 bridgehead atoms. The standard InChI is InChI=1S/C14H19N5O/c1-14(2)11(8-12(14)20)15-10-6-4-5-9(7-10)13-16-17-18-19(13)3/h4-7,11-12,15,20H,8H2,1-3H3. The van der Waals surface area contributed by atoms with E-state index in [9.17, 15) is 5.11 Å². The molecule has 0 saturated heterocycles. The predicted molar refractivity (Wildman–Crippen MR) is 76.0 cm³/mol. The molecule has 106 valence electrons. The number of anilines is 1. The summed E-state index contributed by atoms with van der Waals surface area (Å²) in [5, 5.41) is 24.8. The molecule has 6 heteroatoms. The lowest BCUT2D eigenvalue weighted by Crippen LogP contribution is -2.56. The zero-order chi connectivity index (χ0) is 14.3. The first-order valence-corrected chi connectivity index (χ1v) is 6.76. The van der Waals surface area contributed by atoms with Crippen LogP contribution in [0.15, 0.2) is 24.3 Å². The second-order valence-corrected chi connectivity index (χ2v) is 5.98. The number of benzene rings is 1. The van der Waals surface area contributed by atoms with Crippen LogP contribution >= 0.6 is 0 Å². The molecular weight excluding hydrogens is 254 g/mol. The van der Waals surface area contributed by atoms with E-state index in [2.05, 4.69) is 34.7 Å². The van der Waals surface area contributed by atoms with Gasteiger partial charge in [-0.1, -0.05) is 26.0 Å². The number of aryl methyl sites for hydroxylation is 1. The molecule has 2 atom stereocenters. The molecule has 1 aromatic carbocycles. The van der Waals surface area contributed by atoms with Crippen LogP contribution in [0.1, 0.15) is 20.3 Å². The average Bonchev–Trinajstić information content (AvgIpc) is 2.85. The highest BCUT2D eigenvalue weighted by atomic mass is 16.3. The predicted octanol–water partition coefficient (Wildman–Crippen LogP) is 1.45. The fraction of sp³-hybridized carbons (Fsp3) is 0.500. The quantitative estimate of drug-likeness (QED) is 0.885. The first-order valence-electron chi connectivity index (χ1n) is 6.76. The van der Waals surface area contributed by atoms with Gasteiger partial charge in [0.25, 0.3) is 0 Å². The van der Waals surface area contributed by atoms with Crippen LogP contribution in [0.2, 0.25) is 0 Å². The highest BCUT2D eigenvalue weighted by Gasteiger charge is 2.47. The maximum atomic E-state index is 9.80. The summed E-state index contributed by atoms with van der Waals surface area (Å²) >= 11 is 0. The van der Waals surface area contributed by atoms with Crippen LogP contribution in [0.3, 0.4) is 0 Å². The molecule has 2 unspecified atom stereocenters. The number of hydrogen-bond acceptors (Lipinski definition) is 5. The van der Waals surface area contributed by atoms with E-state index in [1.54, 1.807) is 4.68 Å². The summed E-state index contributed by atoms with van der Waals surface area (Å²) < 4.78 is 1.65. The minimum Gasteiger partial charge on any atom is -0.392 e. The van der Waals surface area contributed by atoms with Crippen LogP contribution in [-0.2, 0) is 7.05 Å². The molecule has 1 fully saturated rings. The van der Waals surface area contributed by atoms with E-state index in [0.29, 0.717) is 0 Å². The third-order valence-electron chi connectivity index (χ3n) is 4.30. The van der Waals surface area contributed by atoms with Crippen molar-refractivity contribution in [3.05, 3.63) is 24.3 Å². The minimum absolute atomic E-state index is 0.0949. The van der Waals surface area contributed by atoms with Gasteiger partial charge in [-0.2, -0.15) is 0 Å². The third kappa shape index (κ3) is 2.06. The summed E-state index contributed by atoms with van der Waals surface area (Å²) in [6.45, 7) is 4.16. The molecule has 0 aliphatic heterocycles. The van der Waals surface area contributed by atoms with Gasteiger partial charge in [-0.05, 0) is 29.0 Å². The molecule has 20 heavy (non-hydrogen) atoms. The fourth-order valence-electron chi connectivity index (χ4n) is 2.57. The maximum absolute atomic E-state index is 9.80. The minimum atomic E-state index is -0.230. The molecule has 0 spiro atoms. The summed E-state index contributed by atoms with van der Waals surface area (Å²) in [6, 6.07) is 8.30. The third-order valence-corrected chi connectivity index (χ3v) is 4.30. The Kier molecular flexibility index (Phi) is 2.97. The van der Waals surface area contributed by atoms with Crippen molar-refractivity contribution in [2.45, 2.75) is 32.4 Å². The molecule has 1 saturated carbocycles. The number of hydrogen-bond donors (Lipinski definition) is 2. The molecule has 1 aliphatic carbocycles. The van der Waals surface area contributed by atoms with Gasteiger partial charge in [-0.25, -0.2) is 4.68 Å². The molecule has 3 rings (SSSR count). The van der Waals surface area contributed by atoms with E-state index >= 15 is 0 Å². The molecule has 2 N–H and O–H groups in total. The van der Waals surface area contributed by atoms with Crippen molar-refractivity contribution in [1.82, 2.24) is 20.2 Å². The van der Waals surface area contributed by atoms with E-state index in [4.69, 9.17) is 0 Å². The summed E-state index contributed by atoms with van der Waals surface area (Å²) in [5.74, 6) is 0.738. The molecule has 1 heterocycles. The Labute approximate surface area is 117 Å². The Morgan fingerprint density at radius 2 is 2.20 bits per heavy atom. The summed E-state index contributed by atoms with van der Waals surface area (Å²) in [5.41, 5.74) is 1.90. The van der Waals surface area contributed by atoms with Gasteiger partial charge in [0.2, 0.25) is 0 Å². The topological polar surface area (TPSA) is 75.9 Å². The van der Waals surface area contributed by atoms with Crippen LogP contribution in [0.25, 0.3) is 11.4 Å². The summed E-state index contributed by atoms with van der Waals surface area (Å²) in [6.07, 6.45) is 0.550. The highest BCUT2D eigenvalue weighted by Crippen LogP contribution is 2.42. The first-order chi connectivity index (χ1) is 9.48. The second kappa shape index (κ2) is 4.56. The molecule has 6 nitrogen and oxygen atoms in total. The van der Waals surface area contributed by atoms with Crippen molar-refractivity contribution in [1.29, 1.82) is 0 Å². The lowest BCUT2D eigenvalue weighted by molar-refractivity contribution is -0.0510. The average molecular weight is 273 g/mol. The largest absolute Gasteiger partial charge is 0.392 e. The number of aromatic nitrogens is 4. The van der Waals surface area contributed by atoms with E-state index < -0.39 is 0 Å². The van der Waals surface area contributed by atoms with Gasteiger partial charge in [0, 0.05) is 29.8 Å². The number of nitrogens with zero attached hydrogens (tertiary/aromatic N) is 4. The number of tetrazole rings is 1. The van der Waals surface area contributed by atoms with Gasteiger partial charge >= 0.3 is 0 Å². The van der Waals surface area contributed by atoms with E-state index in [1.165, 1.54) is 0 Å². The zero-order valence-electron chi connectivity index (χ0n) is 11.9. The van der Waals surface area contributed by atoms with Crippen LogP contribution in [0.4, 0.5) is 5.69 Å². The van der Waals surface area contributed by atoms with Crippen LogP contribution < -0.4 is 5.32 Å². The molecule has 1 aliphatic rings. The van der Waals surface area contributed by atoms with Gasteiger partial charge < -0.3 is 10.4 Å². The van der Waals surface area contributed by atoms with Crippen molar-refractivity contribution in [3.8, 4) is 11.4 Å². The van der Waals surface area contributed by atoms with Gasteiger partial charge in [-0.15, -0.1) is 5.10 Å². The van der Waals surface area contributed by atoms with Crippen molar-refractivity contribution in [2.24, 2.45) is 12.5 Å². The lowest BCUT2D eigenvalue weighted by atomic mass is 9.64. The van der Waals surface area contributed by atoms with Crippen molar-refractivity contribution in [3.63, 3.8) is 0 Å². The lowest BCUT2D eigenvalue weighted by Gasteiger charge is -2.49. The van der Waals surface area contributed by atoms with Gasteiger partial charge in [0.05, 0.1) is 6.10 Å². The number of aliphatic hydroxyl groups excluding tert-OH is 1. The maximum Gasteiger partial charge on any atom is 0.181 e. The van der Waals surface area contributed by atoms with E-state index in [1.807, 2.05) is 31.3 Å². The van der Waals surface area contributed by atoms with Crippen LogP contribution in [-0.4, -0.2) is 37.5 Å². The number of aliphatic hydroxyl groups is 1. The van der Waals surface area contributed by atoms with Crippen LogP contribution in [0.5, 0.6) is 0 Å². The molecule has 0 amide bonds. The van der Waals surface area contributed by atoms with Crippen molar-refractivity contribution < 1.29 is 5.11 Å². The highest BCUT2D eigenvalue weighted by molar-refractivity contribution is 5.62. The van der Waals surface area contributed by atoms with Crippen molar-refractivity contribution >= 4 is 5.69 Å². The summed E-state index contributed by atoms with van der Waals surface area (Å²) in [7, 11) is 1.82. The molecule has 1 aromatic heterocycles. The van der Waals surface area contributed by atoms with Gasteiger partial charge in [0.15, 0.2) is 5.82 Å². The van der Waals surface area contributed by atoms with Crippen LogP contribution in [0, 0.1) is 5.41 Å². The fourth-order valence-corrected chi connectivity index (χ4v) is 2.57. The second-order valence-electron chi connectivity index (χ2n) is 5.98. The molecule has 0 radical (unpaired) electrons. The SMILES string of the molecule is Cn1nnnc1-c1cccc(NC2CC(O)C2(C)C)c1. The van der Waals surface area contributed by atoms with Gasteiger partial charge in [-0.3, -0.25) is 0 Å². The number of nitrogens with one attached hydrogen (secondary N) is 1. The Morgan fingerprint density at radius 1 is 1.40 bits per heavy atom. The zero-order valence-corrected chi connectivity index (χ0v) is 11.9.